The number of ether oxygens (including phenoxy) is 1. The van der Waals surface area contributed by atoms with Gasteiger partial charge in [-0.25, -0.2) is 4.39 Å². The first-order chi connectivity index (χ1) is 7.56. The van der Waals surface area contributed by atoms with Gasteiger partial charge in [0.1, 0.15) is 11.9 Å². The van der Waals surface area contributed by atoms with Crippen LogP contribution in [0, 0.1) is 12.7 Å². The first-order valence-corrected chi connectivity index (χ1v) is 4.87. The number of benzene rings is 1. The van der Waals surface area contributed by atoms with Crippen LogP contribution in [0.4, 0.5) is 10.1 Å². The van der Waals surface area contributed by atoms with Gasteiger partial charge in [-0.05, 0) is 30.7 Å². The van der Waals surface area contributed by atoms with Gasteiger partial charge in [-0.15, -0.1) is 0 Å². The number of nitrogens with two attached hydrogens (primary N) is 1. The van der Waals surface area contributed by atoms with Crippen molar-refractivity contribution in [1.82, 2.24) is 0 Å². The largest absolute Gasteiger partial charge is 0.370 e. The second kappa shape index (κ2) is 5.58. The molecule has 0 saturated carbocycles. The topological polar surface area (TPSA) is 64.3 Å². The standard InChI is InChI=1S/C11H15FN2O2/c1-7-3-8(12)5-9(4-7)14-11(15)10(6-13)16-2/h3-5,10H,6,13H2,1-2H3,(H,14,15). The molecule has 4 nitrogen and oxygen atoms in total. The van der Waals surface area contributed by atoms with Crippen molar-refractivity contribution < 1.29 is 13.9 Å². The van der Waals surface area contributed by atoms with Crippen molar-refractivity contribution in [2.45, 2.75) is 13.0 Å². The molecule has 0 aliphatic rings. The maximum absolute atomic E-state index is 13.0. The molecule has 0 aromatic heterocycles. The van der Waals surface area contributed by atoms with E-state index in [0.717, 1.165) is 5.56 Å². The van der Waals surface area contributed by atoms with Gasteiger partial charge in [0.15, 0.2) is 0 Å². The fraction of sp³-hybridized carbons (Fsp3) is 0.364. The number of halogens is 1. The number of anilines is 1. The van der Waals surface area contributed by atoms with Crippen molar-refractivity contribution in [3.05, 3.63) is 29.6 Å². The molecule has 0 heterocycles. The van der Waals surface area contributed by atoms with E-state index in [1.807, 2.05) is 0 Å². The number of rotatable bonds is 4. The van der Waals surface area contributed by atoms with Crippen LogP contribution in [0.1, 0.15) is 5.56 Å². The zero-order valence-corrected chi connectivity index (χ0v) is 9.29. The Balaban J connectivity index is 2.76. The highest BCUT2D eigenvalue weighted by atomic mass is 19.1. The van der Waals surface area contributed by atoms with Gasteiger partial charge in [0.2, 0.25) is 0 Å². The summed E-state index contributed by atoms with van der Waals surface area (Å²) in [5.41, 5.74) is 6.47. The Kier molecular flexibility index (Phi) is 4.39. The number of carbonyl (C=O) groups excluding carboxylic acids is 1. The van der Waals surface area contributed by atoms with E-state index in [0.29, 0.717) is 5.69 Å². The number of nitrogens with one attached hydrogen (secondary N) is 1. The van der Waals surface area contributed by atoms with Crippen LogP contribution >= 0.6 is 0 Å². The molecule has 0 fully saturated rings. The molecule has 1 unspecified atom stereocenters. The molecule has 1 amide bonds. The highest BCUT2D eigenvalue weighted by Crippen LogP contribution is 2.13. The minimum atomic E-state index is -0.719. The SMILES string of the molecule is COC(CN)C(=O)Nc1cc(C)cc(F)c1. The molecule has 1 aromatic carbocycles. The predicted molar refractivity (Wildman–Crippen MR) is 59.6 cm³/mol. The van der Waals surface area contributed by atoms with E-state index in [2.05, 4.69) is 5.32 Å². The summed E-state index contributed by atoms with van der Waals surface area (Å²) in [7, 11) is 1.40. The van der Waals surface area contributed by atoms with Crippen molar-refractivity contribution >= 4 is 11.6 Å². The number of hydrogen-bond acceptors (Lipinski definition) is 3. The average Bonchev–Trinajstić information content (AvgIpc) is 2.17. The molecular formula is C11H15FN2O2. The quantitative estimate of drug-likeness (QED) is 0.806. The molecule has 1 rings (SSSR count). The summed E-state index contributed by atoms with van der Waals surface area (Å²) in [5, 5.41) is 2.54. The van der Waals surface area contributed by atoms with Crippen molar-refractivity contribution in [3.63, 3.8) is 0 Å². The predicted octanol–water partition coefficient (Wildman–Crippen LogP) is 1.05. The van der Waals surface area contributed by atoms with Crippen LogP contribution in [-0.2, 0) is 9.53 Å². The fourth-order valence-corrected chi connectivity index (χ4v) is 1.34. The maximum atomic E-state index is 13.0. The first-order valence-electron chi connectivity index (χ1n) is 4.87. The van der Waals surface area contributed by atoms with Gasteiger partial charge in [0.25, 0.3) is 5.91 Å². The van der Waals surface area contributed by atoms with E-state index in [4.69, 9.17) is 10.5 Å². The van der Waals surface area contributed by atoms with Crippen LogP contribution in [0.2, 0.25) is 0 Å². The van der Waals surface area contributed by atoms with Crippen molar-refractivity contribution in [1.29, 1.82) is 0 Å². The number of amides is 1. The van der Waals surface area contributed by atoms with Crippen molar-refractivity contribution in [2.24, 2.45) is 5.73 Å². The minimum absolute atomic E-state index is 0.0800. The lowest BCUT2D eigenvalue weighted by molar-refractivity contribution is -0.125. The number of hydrogen-bond donors (Lipinski definition) is 2. The van der Waals surface area contributed by atoms with E-state index in [-0.39, 0.29) is 12.5 Å². The van der Waals surface area contributed by atoms with Crippen LogP contribution < -0.4 is 11.1 Å². The molecule has 0 spiro atoms. The second-order valence-corrected chi connectivity index (χ2v) is 3.47. The Labute approximate surface area is 93.6 Å². The van der Waals surface area contributed by atoms with Crippen LogP contribution in [0.5, 0.6) is 0 Å². The lowest BCUT2D eigenvalue weighted by atomic mass is 10.2. The summed E-state index contributed by atoms with van der Waals surface area (Å²) >= 11 is 0. The Hall–Kier alpha value is -1.46. The molecule has 1 aromatic rings. The average molecular weight is 226 g/mol. The van der Waals surface area contributed by atoms with Crippen LogP contribution in [-0.4, -0.2) is 25.7 Å². The summed E-state index contributed by atoms with van der Waals surface area (Å²) in [6.07, 6.45) is -0.719. The summed E-state index contributed by atoms with van der Waals surface area (Å²) in [4.78, 5) is 11.6. The third kappa shape index (κ3) is 3.29. The number of methoxy groups -OCH3 is 1. The fourth-order valence-electron chi connectivity index (χ4n) is 1.34. The molecule has 3 N–H and O–H groups in total. The van der Waals surface area contributed by atoms with Gasteiger partial charge < -0.3 is 15.8 Å². The van der Waals surface area contributed by atoms with Gasteiger partial charge in [-0.3, -0.25) is 4.79 Å². The molecule has 1 atom stereocenters. The second-order valence-electron chi connectivity index (χ2n) is 3.47. The maximum Gasteiger partial charge on any atom is 0.254 e. The third-order valence-corrected chi connectivity index (χ3v) is 2.10. The molecular weight excluding hydrogens is 211 g/mol. The van der Waals surface area contributed by atoms with Gasteiger partial charge in [-0.2, -0.15) is 0 Å². The van der Waals surface area contributed by atoms with Crippen LogP contribution in [0.25, 0.3) is 0 Å². The molecule has 0 saturated heterocycles. The highest BCUT2D eigenvalue weighted by Gasteiger charge is 2.15. The van der Waals surface area contributed by atoms with Crippen LogP contribution in [0.15, 0.2) is 18.2 Å². The molecule has 5 heteroatoms. The zero-order chi connectivity index (χ0) is 12.1. The molecule has 0 aliphatic heterocycles. The van der Waals surface area contributed by atoms with E-state index in [1.165, 1.54) is 19.2 Å². The lowest BCUT2D eigenvalue weighted by Crippen LogP contribution is -2.35. The summed E-state index contributed by atoms with van der Waals surface area (Å²) in [5.74, 6) is -0.771. The molecule has 16 heavy (non-hydrogen) atoms. The van der Waals surface area contributed by atoms with E-state index in [1.54, 1.807) is 13.0 Å². The van der Waals surface area contributed by atoms with Crippen molar-refractivity contribution in [2.75, 3.05) is 19.0 Å². The Morgan fingerprint density at radius 2 is 2.25 bits per heavy atom. The lowest BCUT2D eigenvalue weighted by Gasteiger charge is -2.13. The summed E-state index contributed by atoms with van der Waals surface area (Å²) in [6, 6.07) is 4.30. The van der Waals surface area contributed by atoms with Gasteiger partial charge in [-0.1, -0.05) is 0 Å². The first kappa shape index (κ1) is 12.6. The van der Waals surface area contributed by atoms with Gasteiger partial charge >= 0.3 is 0 Å². The highest BCUT2D eigenvalue weighted by molar-refractivity contribution is 5.94. The third-order valence-electron chi connectivity index (χ3n) is 2.10. The molecule has 0 bridgehead atoms. The minimum Gasteiger partial charge on any atom is -0.370 e. The number of carbonyl (C=O) groups is 1. The summed E-state index contributed by atoms with van der Waals surface area (Å²) < 4.78 is 17.9. The summed E-state index contributed by atoms with van der Waals surface area (Å²) in [6.45, 7) is 1.83. The van der Waals surface area contributed by atoms with E-state index < -0.39 is 11.9 Å². The zero-order valence-electron chi connectivity index (χ0n) is 9.29. The molecule has 88 valence electrons. The van der Waals surface area contributed by atoms with Gasteiger partial charge in [0, 0.05) is 19.3 Å². The number of aryl methyl sites for hydroxylation is 1. The monoisotopic (exact) mass is 226 g/mol. The van der Waals surface area contributed by atoms with E-state index >= 15 is 0 Å². The normalized spacial score (nSPS) is 12.2. The Morgan fingerprint density at radius 3 is 2.75 bits per heavy atom. The van der Waals surface area contributed by atoms with Gasteiger partial charge in [0.05, 0.1) is 0 Å². The molecule has 0 radical (unpaired) electrons. The van der Waals surface area contributed by atoms with E-state index in [9.17, 15) is 9.18 Å². The smallest absolute Gasteiger partial charge is 0.254 e. The molecule has 0 aliphatic carbocycles. The van der Waals surface area contributed by atoms with Crippen LogP contribution in [0.3, 0.4) is 0 Å². The Morgan fingerprint density at radius 1 is 1.56 bits per heavy atom. The van der Waals surface area contributed by atoms with Crippen molar-refractivity contribution in [3.8, 4) is 0 Å². The Bertz CT molecular complexity index is 358.